The third kappa shape index (κ3) is 2.96. The molecule has 0 spiro atoms. The van der Waals surface area contributed by atoms with Crippen molar-refractivity contribution in [1.29, 1.82) is 0 Å². The molecule has 2 rings (SSSR count). The highest BCUT2D eigenvalue weighted by Crippen LogP contribution is 2.64. The molecule has 1 aromatic carbocycles. The predicted molar refractivity (Wildman–Crippen MR) is 76.6 cm³/mol. The number of esters is 1. The molecule has 1 aliphatic rings. The van der Waals surface area contributed by atoms with Crippen LogP contribution in [0.2, 0.25) is 0 Å². The van der Waals surface area contributed by atoms with Crippen LogP contribution in [0.4, 0.5) is 0 Å². The molecule has 0 aliphatic heterocycles. The highest BCUT2D eigenvalue weighted by Gasteiger charge is 2.69. The van der Waals surface area contributed by atoms with E-state index in [-0.39, 0.29) is 12.4 Å². The molecule has 0 amide bonds. The van der Waals surface area contributed by atoms with Gasteiger partial charge in [-0.05, 0) is 19.1 Å². The normalized spacial score (nSPS) is 23.8. The zero-order valence-corrected chi connectivity index (χ0v) is 13.2. The van der Waals surface area contributed by atoms with Crippen LogP contribution < -0.4 is 0 Å². The molecule has 3 nitrogen and oxygen atoms in total. The highest BCUT2D eigenvalue weighted by molar-refractivity contribution is 9.10. The van der Waals surface area contributed by atoms with Crippen LogP contribution >= 0.6 is 39.1 Å². The third-order valence-corrected chi connectivity index (χ3v) is 4.84. The van der Waals surface area contributed by atoms with E-state index < -0.39 is 15.7 Å². The minimum atomic E-state index is -1.08. The molecule has 1 aliphatic carbocycles. The molecule has 1 atom stereocenters. The molecule has 102 valence electrons. The first-order chi connectivity index (χ1) is 8.76. The van der Waals surface area contributed by atoms with E-state index in [1.165, 1.54) is 0 Å². The molecular weight excluding hydrogens is 355 g/mol. The number of benzene rings is 1. The number of hydrogen-bond donors (Lipinski definition) is 0. The summed E-state index contributed by atoms with van der Waals surface area (Å²) < 4.78 is 4.78. The summed E-state index contributed by atoms with van der Waals surface area (Å²) in [6, 6.07) is 6.82. The zero-order chi connectivity index (χ0) is 14.3. The average Bonchev–Trinajstić information content (AvgIpc) is 2.87. The van der Waals surface area contributed by atoms with E-state index in [0.717, 1.165) is 4.47 Å². The monoisotopic (exact) mass is 364 g/mol. The van der Waals surface area contributed by atoms with Crippen molar-refractivity contribution in [3.05, 3.63) is 34.3 Å². The smallest absolute Gasteiger partial charge is 0.315 e. The second-order valence-electron chi connectivity index (χ2n) is 4.72. The fourth-order valence-corrected chi connectivity index (χ4v) is 2.58. The van der Waals surface area contributed by atoms with E-state index >= 15 is 0 Å². The maximum Gasteiger partial charge on any atom is 0.315 e. The molecule has 0 aromatic heterocycles. The van der Waals surface area contributed by atoms with Gasteiger partial charge < -0.3 is 4.74 Å². The van der Waals surface area contributed by atoms with Crippen LogP contribution in [-0.4, -0.2) is 22.7 Å². The number of halogens is 3. The largest absolute Gasteiger partial charge is 0.457 e. The summed E-state index contributed by atoms with van der Waals surface area (Å²) in [5, 5.41) is 0. The lowest BCUT2D eigenvalue weighted by Crippen LogP contribution is -2.24. The second-order valence-corrected chi connectivity index (χ2v) is 7.12. The fourth-order valence-electron chi connectivity index (χ4n) is 1.63. The molecule has 0 N–H and O–H groups in total. The van der Waals surface area contributed by atoms with Gasteiger partial charge in [-0.1, -0.05) is 28.1 Å². The van der Waals surface area contributed by atoms with E-state index in [1.807, 2.05) is 0 Å². The lowest BCUT2D eigenvalue weighted by atomic mass is 10.1. The molecule has 0 unspecified atom stereocenters. The summed E-state index contributed by atoms with van der Waals surface area (Å²) in [6.45, 7) is 1.32. The number of Topliss-reactive ketones (excluding diaryl/α,β-unsaturated/α-hetero) is 1. The molecule has 1 saturated carbocycles. The van der Waals surface area contributed by atoms with Gasteiger partial charge in [-0.15, -0.1) is 23.2 Å². The number of carbonyl (C=O) groups is 2. The average molecular weight is 366 g/mol. The van der Waals surface area contributed by atoms with E-state index in [4.69, 9.17) is 27.9 Å². The van der Waals surface area contributed by atoms with Gasteiger partial charge in [0.15, 0.2) is 12.4 Å². The van der Waals surface area contributed by atoms with Gasteiger partial charge in [0.2, 0.25) is 0 Å². The van der Waals surface area contributed by atoms with E-state index in [1.54, 1.807) is 31.2 Å². The van der Waals surface area contributed by atoms with Gasteiger partial charge in [-0.3, -0.25) is 9.59 Å². The van der Waals surface area contributed by atoms with Gasteiger partial charge in [-0.25, -0.2) is 0 Å². The minimum absolute atomic E-state index is 0.264. The van der Waals surface area contributed by atoms with Crippen LogP contribution in [0, 0.1) is 5.41 Å². The number of rotatable bonds is 4. The highest BCUT2D eigenvalue weighted by atomic mass is 79.9. The van der Waals surface area contributed by atoms with Crippen molar-refractivity contribution in [2.45, 2.75) is 17.7 Å². The van der Waals surface area contributed by atoms with Gasteiger partial charge in [0.25, 0.3) is 0 Å². The Morgan fingerprint density at radius 2 is 1.84 bits per heavy atom. The van der Waals surface area contributed by atoms with Gasteiger partial charge in [0.05, 0.1) is 0 Å². The number of ether oxygens (including phenoxy) is 1. The first kappa shape index (κ1) is 14.8. The van der Waals surface area contributed by atoms with Crippen LogP contribution in [0.5, 0.6) is 0 Å². The summed E-state index contributed by atoms with van der Waals surface area (Å²) in [5.41, 5.74) is -0.421. The van der Waals surface area contributed by atoms with Crippen molar-refractivity contribution >= 4 is 50.9 Å². The van der Waals surface area contributed by atoms with Crippen molar-refractivity contribution in [3.63, 3.8) is 0 Å². The maximum atomic E-state index is 11.8. The van der Waals surface area contributed by atoms with Crippen molar-refractivity contribution in [2.24, 2.45) is 5.41 Å². The van der Waals surface area contributed by atoms with Gasteiger partial charge in [-0.2, -0.15) is 0 Å². The first-order valence-corrected chi connectivity index (χ1v) is 7.15. The van der Waals surface area contributed by atoms with Crippen molar-refractivity contribution in [3.8, 4) is 0 Å². The van der Waals surface area contributed by atoms with Gasteiger partial charge in [0, 0.05) is 16.5 Å². The van der Waals surface area contributed by atoms with Crippen LogP contribution in [0.1, 0.15) is 23.7 Å². The zero-order valence-electron chi connectivity index (χ0n) is 10.1. The molecule has 6 heteroatoms. The molecular formula is C13H11BrCl2O3. The number of alkyl halides is 2. The molecule has 1 fully saturated rings. The molecule has 0 bridgehead atoms. The Kier molecular flexibility index (Phi) is 3.96. The number of hydrogen-bond acceptors (Lipinski definition) is 3. The molecule has 19 heavy (non-hydrogen) atoms. The summed E-state index contributed by atoms with van der Waals surface area (Å²) >= 11 is 15.0. The van der Waals surface area contributed by atoms with Crippen LogP contribution in [-0.2, 0) is 9.53 Å². The summed E-state index contributed by atoms with van der Waals surface area (Å²) in [7, 11) is 0. The molecule has 0 radical (unpaired) electrons. The van der Waals surface area contributed by atoms with Gasteiger partial charge >= 0.3 is 5.97 Å². The van der Waals surface area contributed by atoms with Crippen LogP contribution in [0.25, 0.3) is 0 Å². The Bertz CT molecular complexity index is 527. The Hall–Kier alpha value is -0.580. The summed E-state index contributed by atoms with van der Waals surface area (Å²) in [6.07, 6.45) is 0.342. The Morgan fingerprint density at radius 1 is 1.32 bits per heavy atom. The minimum Gasteiger partial charge on any atom is -0.457 e. The molecule has 0 heterocycles. The Morgan fingerprint density at radius 3 is 2.32 bits per heavy atom. The fraction of sp³-hybridized carbons (Fsp3) is 0.385. The summed E-state index contributed by atoms with van der Waals surface area (Å²) in [5.74, 6) is -0.803. The van der Waals surface area contributed by atoms with E-state index in [2.05, 4.69) is 15.9 Å². The standard InChI is InChI=1S/C13H11BrCl2O3/c1-12(7-13(12,15)16)11(18)19-6-10(17)8-2-4-9(14)5-3-8/h2-5H,6-7H2,1H3/t12-/m1/s1. The van der Waals surface area contributed by atoms with Crippen molar-refractivity contribution in [2.75, 3.05) is 6.61 Å². The molecule has 1 aromatic rings. The Labute approximate surface area is 129 Å². The number of ketones is 1. The van der Waals surface area contributed by atoms with E-state index in [9.17, 15) is 9.59 Å². The lowest BCUT2D eigenvalue weighted by Gasteiger charge is -2.11. The lowest BCUT2D eigenvalue weighted by molar-refractivity contribution is -0.148. The number of carbonyl (C=O) groups excluding carboxylic acids is 2. The van der Waals surface area contributed by atoms with Gasteiger partial charge in [0.1, 0.15) is 9.75 Å². The topological polar surface area (TPSA) is 43.4 Å². The predicted octanol–water partition coefficient (Wildman–Crippen LogP) is 3.76. The van der Waals surface area contributed by atoms with Crippen molar-refractivity contribution in [1.82, 2.24) is 0 Å². The Balaban J connectivity index is 1.91. The van der Waals surface area contributed by atoms with E-state index in [0.29, 0.717) is 12.0 Å². The molecule has 0 saturated heterocycles. The first-order valence-electron chi connectivity index (χ1n) is 5.60. The van der Waals surface area contributed by atoms with Crippen molar-refractivity contribution < 1.29 is 14.3 Å². The SMILES string of the molecule is C[C@]1(C(=O)OCC(=O)c2ccc(Br)cc2)CC1(Cl)Cl. The van der Waals surface area contributed by atoms with Crippen LogP contribution in [0.15, 0.2) is 28.7 Å². The third-order valence-electron chi connectivity index (χ3n) is 3.21. The second kappa shape index (κ2) is 5.08. The van der Waals surface area contributed by atoms with Crippen LogP contribution in [0.3, 0.4) is 0 Å². The quantitative estimate of drug-likeness (QED) is 0.463. The maximum absolute atomic E-state index is 11.8. The summed E-state index contributed by atoms with van der Waals surface area (Å²) in [4.78, 5) is 23.6.